The Labute approximate surface area is 137 Å². The Bertz CT molecular complexity index is 407. The van der Waals surface area contributed by atoms with Crippen molar-refractivity contribution in [3.8, 4) is 0 Å². The zero-order valence-electron chi connectivity index (χ0n) is 12.7. The van der Waals surface area contributed by atoms with Crippen LogP contribution in [0.2, 0.25) is 0 Å². The van der Waals surface area contributed by atoms with Gasteiger partial charge in [0.25, 0.3) is 0 Å². The molecule has 2 aliphatic heterocycles. The normalized spacial score (nSPS) is 50.0. The van der Waals surface area contributed by atoms with Gasteiger partial charge in [0, 0.05) is 0 Å². The summed E-state index contributed by atoms with van der Waals surface area (Å²) < 4.78 is 15.6. The maximum absolute atomic E-state index is 10.3. The van der Waals surface area contributed by atoms with Gasteiger partial charge in [-0.1, -0.05) is 0 Å². The number of aliphatic hydroxyl groups is 8. The molecule has 0 aromatic rings. The lowest BCUT2D eigenvalue weighted by Gasteiger charge is -2.49. The molecule has 0 aromatic carbocycles. The fraction of sp³-hybridized carbons (Fsp3) is 1.00. The van der Waals surface area contributed by atoms with Crippen LogP contribution in [-0.2, 0) is 14.2 Å². The highest BCUT2D eigenvalue weighted by atomic mass is 16.7. The van der Waals surface area contributed by atoms with Crippen molar-refractivity contribution in [3.63, 3.8) is 0 Å². The van der Waals surface area contributed by atoms with E-state index in [0.717, 1.165) is 0 Å². The first-order valence-corrected chi connectivity index (χ1v) is 7.49. The summed E-state index contributed by atoms with van der Waals surface area (Å²) in [7, 11) is 0. The highest BCUT2D eigenvalue weighted by Crippen LogP contribution is 2.34. The molecule has 2 fully saturated rings. The van der Waals surface area contributed by atoms with Crippen molar-refractivity contribution in [1.82, 2.24) is 0 Å². The van der Waals surface area contributed by atoms with Gasteiger partial charge < -0.3 is 55.1 Å². The summed E-state index contributed by atoms with van der Waals surface area (Å²) in [6.45, 7) is -2.64. The second-order valence-electron chi connectivity index (χ2n) is 6.03. The second-order valence-corrected chi connectivity index (χ2v) is 6.03. The molecule has 0 amide bonds. The molecule has 9 atom stereocenters. The Kier molecular flexibility index (Phi) is 6.50. The summed E-state index contributed by atoms with van der Waals surface area (Å²) in [5, 5.41) is 77.4. The Morgan fingerprint density at radius 3 is 2.12 bits per heavy atom. The smallest absolute Gasteiger partial charge is 0.187 e. The quantitative estimate of drug-likeness (QED) is 0.235. The molecule has 0 aromatic heterocycles. The van der Waals surface area contributed by atoms with E-state index in [2.05, 4.69) is 0 Å². The van der Waals surface area contributed by atoms with Crippen molar-refractivity contribution < 1.29 is 55.1 Å². The second kappa shape index (κ2) is 7.85. The van der Waals surface area contributed by atoms with Crippen molar-refractivity contribution in [2.45, 2.75) is 48.7 Å². The molecular weight excluding hydrogens is 332 g/mol. The van der Waals surface area contributed by atoms with Crippen LogP contribution in [0.5, 0.6) is 0 Å². The number of ether oxygens (including phenoxy) is 3. The van der Waals surface area contributed by atoms with Crippen LogP contribution in [0.25, 0.3) is 0 Å². The molecule has 8 N–H and O–H groups in total. The van der Waals surface area contributed by atoms with Crippen molar-refractivity contribution >= 4 is 0 Å². The molecule has 2 rings (SSSR count). The van der Waals surface area contributed by atoms with E-state index in [0.29, 0.717) is 0 Å². The number of hydrogen-bond donors (Lipinski definition) is 8. The van der Waals surface area contributed by atoms with Gasteiger partial charge in [0.05, 0.1) is 38.4 Å². The average molecular weight is 356 g/mol. The number of rotatable bonds is 5. The summed E-state index contributed by atoms with van der Waals surface area (Å²) in [6, 6.07) is 0. The third-order valence-electron chi connectivity index (χ3n) is 4.49. The maximum atomic E-state index is 10.3. The van der Waals surface area contributed by atoms with Crippen LogP contribution in [0, 0.1) is 5.92 Å². The molecular formula is C13H24O11. The van der Waals surface area contributed by atoms with Crippen LogP contribution < -0.4 is 0 Å². The molecule has 0 radical (unpaired) electrons. The van der Waals surface area contributed by atoms with Gasteiger partial charge in [-0.05, 0) is 0 Å². The third-order valence-corrected chi connectivity index (χ3v) is 4.49. The van der Waals surface area contributed by atoms with E-state index in [1.54, 1.807) is 0 Å². The SMILES string of the molecule is OCC1O[C@H](O[C@]2(CO)CO[C@@H](O)C(CO)[C@@H]2O)C(O)[C@H](O)[C@@H]1O. The number of aliphatic hydroxyl groups excluding tert-OH is 8. The average Bonchev–Trinajstić information content (AvgIpc) is 2.58. The van der Waals surface area contributed by atoms with Crippen LogP contribution in [0.15, 0.2) is 0 Å². The van der Waals surface area contributed by atoms with E-state index in [9.17, 15) is 35.7 Å². The lowest BCUT2D eigenvalue weighted by molar-refractivity contribution is -0.370. The van der Waals surface area contributed by atoms with Gasteiger partial charge in [-0.3, -0.25) is 0 Å². The molecule has 2 saturated heterocycles. The van der Waals surface area contributed by atoms with E-state index >= 15 is 0 Å². The molecule has 142 valence electrons. The summed E-state index contributed by atoms with van der Waals surface area (Å²) >= 11 is 0. The summed E-state index contributed by atoms with van der Waals surface area (Å²) in [5.74, 6) is -1.18. The predicted molar refractivity (Wildman–Crippen MR) is 73.2 cm³/mol. The van der Waals surface area contributed by atoms with Gasteiger partial charge in [0.2, 0.25) is 0 Å². The molecule has 24 heavy (non-hydrogen) atoms. The number of hydrogen-bond acceptors (Lipinski definition) is 11. The fourth-order valence-corrected chi connectivity index (χ4v) is 2.85. The van der Waals surface area contributed by atoms with E-state index in [-0.39, 0.29) is 0 Å². The molecule has 2 aliphatic rings. The van der Waals surface area contributed by atoms with Crippen LogP contribution in [0.4, 0.5) is 0 Å². The Morgan fingerprint density at radius 2 is 1.58 bits per heavy atom. The van der Waals surface area contributed by atoms with Crippen LogP contribution in [-0.4, -0.2) is 116 Å². The zero-order chi connectivity index (χ0) is 18.1. The monoisotopic (exact) mass is 356 g/mol. The highest BCUT2D eigenvalue weighted by Gasteiger charge is 2.54. The van der Waals surface area contributed by atoms with Gasteiger partial charge in [0.15, 0.2) is 12.6 Å². The van der Waals surface area contributed by atoms with E-state index in [1.807, 2.05) is 0 Å². The molecule has 0 spiro atoms. The molecule has 0 bridgehead atoms. The summed E-state index contributed by atoms with van der Waals surface area (Å²) in [6.07, 6.45) is -10.9. The highest BCUT2D eigenvalue weighted by molar-refractivity contribution is 4.98. The first kappa shape index (κ1) is 19.9. The Morgan fingerprint density at radius 1 is 0.917 bits per heavy atom. The van der Waals surface area contributed by atoms with E-state index in [4.69, 9.17) is 19.3 Å². The third kappa shape index (κ3) is 3.43. The molecule has 11 heteroatoms. The van der Waals surface area contributed by atoms with Crippen LogP contribution >= 0.6 is 0 Å². The van der Waals surface area contributed by atoms with Gasteiger partial charge >= 0.3 is 0 Å². The van der Waals surface area contributed by atoms with E-state index in [1.165, 1.54) is 0 Å². The minimum Gasteiger partial charge on any atom is -0.396 e. The van der Waals surface area contributed by atoms with Crippen molar-refractivity contribution in [3.05, 3.63) is 0 Å². The largest absolute Gasteiger partial charge is 0.396 e. The predicted octanol–water partition coefficient (Wildman–Crippen LogP) is -5.15. The van der Waals surface area contributed by atoms with Crippen molar-refractivity contribution in [2.75, 3.05) is 26.4 Å². The minimum absolute atomic E-state index is 0.489. The minimum atomic E-state index is -1.86. The molecule has 2 heterocycles. The first-order chi connectivity index (χ1) is 11.3. The first-order valence-electron chi connectivity index (χ1n) is 7.49. The molecule has 3 unspecified atom stereocenters. The maximum Gasteiger partial charge on any atom is 0.187 e. The molecule has 11 nitrogen and oxygen atoms in total. The van der Waals surface area contributed by atoms with Gasteiger partial charge in [0.1, 0.15) is 30.0 Å². The summed E-state index contributed by atoms with van der Waals surface area (Å²) in [4.78, 5) is 0. The van der Waals surface area contributed by atoms with Crippen LogP contribution in [0.1, 0.15) is 0 Å². The lowest BCUT2D eigenvalue weighted by atomic mass is 9.85. The van der Waals surface area contributed by atoms with Gasteiger partial charge in [-0.15, -0.1) is 0 Å². The van der Waals surface area contributed by atoms with Gasteiger partial charge in [-0.2, -0.15) is 0 Å². The Hall–Kier alpha value is -0.440. The van der Waals surface area contributed by atoms with Crippen LogP contribution in [0.3, 0.4) is 0 Å². The Balaban J connectivity index is 2.19. The van der Waals surface area contributed by atoms with Crippen molar-refractivity contribution in [1.29, 1.82) is 0 Å². The molecule has 0 saturated carbocycles. The fourth-order valence-electron chi connectivity index (χ4n) is 2.85. The zero-order valence-corrected chi connectivity index (χ0v) is 12.7. The molecule has 0 aliphatic carbocycles. The lowest BCUT2D eigenvalue weighted by Crippen LogP contribution is -2.67. The topological polar surface area (TPSA) is 190 Å². The van der Waals surface area contributed by atoms with Gasteiger partial charge in [-0.25, -0.2) is 0 Å². The standard InChI is InChI=1S/C13H24O11/c14-1-5-10(20)13(3-16,4-22-11(5)21)24-12-9(19)8(18)7(17)6(2-15)23-12/h5-12,14-21H,1-4H2/t5?,6?,7-,8-,9?,10+,11-,12-,13-/m1/s1. The van der Waals surface area contributed by atoms with E-state index < -0.39 is 81.0 Å². The summed E-state index contributed by atoms with van der Waals surface area (Å²) in [5.41, 5.74) is -1.86. The van der Waals surface area contributed by atoms with Crippen molar-refractivity contribution in [2.24, 2.45) is 5.92 Å².